The van der Waals surface area contributed by atoms with Gasteiger partial charge in [-0.15, -0.1) is 0 Å². The zero-order valence-electron chi connectivity index (χ0n) is 11.6. The van der Waals surface area contributed by atoms with Crippen LogP contribution in [-0.2, 0) is 0 Å². The molecule has 0 radical (unpaired) electrons. The lowest BCUT2D eigenvalue weighted by Crippen LogP contribution is -2.05. The second kappa shape index (κ2) is 7.65. The SMILES string of the molecule is CCCOc1cc(C)c(Cl)cc1C(C)CCCN. The molecule has 102 valence electrons. The molecule has 1 atom stereocenters. The van der Waals surface area contributed by atoms with E-state index >= 15 is 0 Å². The summed E-state index contributed by atoms with van der Waals surface area (Å²) in [4.78, 5) is 0. The molecule has 0 aromatic heterocycles. The minimum Gasteiger partial charge on any atom is -0.493 e. The smallest absolute Gasteiger partial charge is 0.123 e. The molecule has 0 fully saturated rings. The number of hydrogen-bond donors (Lipinski definition) is 1. The molecular weight excluding hydrogens is 246 g/mol. The molecule has 2 N–H and O–H groups in total. The lowest BCUT2D eigenvalue weighted by atomic mass is 9.94. The number of benzene rings is 1. The van der Waals surface area contributed by atoms with E-state index in [9.17, 15) is 0 Å². The van der Waals surface area contributed by atoms with Crippen molar-refractivity contribution in [3.8, 4) is 5.75 Å². The zero-order chi connectivity index (χ0) is 13.5. The normalized spacial score (nSPS) is 12.5. The van der Waals surface area contributed by atoms with Crippen LogP contribution in [0.2, 0.25) is 5.02 Å². The molecule has 0 saturated heterocycles. The molecule has 3 heteroatoms. The van der Waals surface area contributed by atoms with Gasteiger partial charge in [0.05, 0.1) is 6.61 Å². The minimum atomic E-state index is 0.429. The Kier molecular flexibility index (Phi) is 6.51. The molecule has 0 saturated carbocycles. The lowest BCUT2D eigenvalue weighted by molar-refractivity contribution is 0.311. The molecule has 18 heavy (non-hydrogen) atoms. The number of hydrogen-bond acceptors (Lipinski definition) is 2. The predicted molar refractivity (Wildman–Crippen MR) is 78.7 cm³/mol. The Morgan fingerprint density at radius 3 is 2.72 bits per heavy atom. The van der Waals surface area contributed by atoms with Crippen molar-refractivity contribution >= 4 is 11.6 Å². The third-order valence-electron chi connectivity index (χ3n) is 3.12. The van der Waals surface area contributed by atoms with E-state index in [1.807, 2.05) is 19.1 Å². The second-order valence-corrected chi connectivity index (χ2v) is 5.23. The van der Waals surface area contributed by atoms with Crippen LogP contribution in [-0.4, -0.2) is 13.2 Å². The summed E-state index contributed by atoms with van der Waals surface area (Å²) in [5.41, 5.74) is 7.84. The van der Waals surface area contributed by atoms with Crippen molar-refractivity contribution in [1.82, 2.24) is 0 Å². The van der Waals surface area contributed by atoms with Gasteiger partial charge in [0, 0.05) is 5.02 Å². The maximum atomic E-state index is 6.22. The van der Waals surface area contributed by atoms with Gasteiger partial charge in [-0.1, -0.05) is 25.4 Å². The van der Waals surface area contributed by atoms with Crippen LogP contribution in [0.5, 0.6) is 5.75 Å². The maximum absolute atomic E-state index is 6.22. The summed E-state index contributed by atoms with van der Waals surface area (Å²) < 4.78 is 5.83. The highest BCUT2D eigenvalue weighted by molar-refractivity contribution is 6.31. The second-order valence-electron chi connectivity index (χ2n) is 4.82. The Bertz CT molecular complexity index is 379. The van der Waals surface area contributed by atoms with Gasteiger partial charge < -0.3 is 10.5 Å². The standard InChI is InChI=1S/C15H24ClNO/c1-4-8-18-15-9-12(3)14(16)10-13(15)11(2)6-5-7-17/h9-11H,4-8,17H2,1-3H3. The summed E-state index contributed by atoms with van der Waals surface area (Å²) in [5.74, 6) is 1.40. The van der Waals surface area contributed by atoms with Crippen LogP contribution in [0.4, 0.5) is 0 Å². The van der Waals surface area contributed by atoms with Crippen LogP contribution in [0.15, 0.2) is 12.1 Å². The van der Waals surface area contributed by atoms with Crippen LogP contribution >= 0.6 is 11.6 Å². The predicted octanol–water partition coefficient (Wildman–Crippen LogP) is 4.28. The number of ether oxygens (including phenoxy) is 1. The van der Waals surface area contributed by atoms with E-state index < -0.39 is 0 Å². The monoisotopic (exact) mass is 269 g/mol. The molecule has 0 aliphatic rings. The highest BCUT2D eigenvalue weighted by Gasteiger charge is 2.14. The highest BCUT2D eigenvalue weighted by Crippen LogP contribution is 2.34. The molecule has 0 heterocycles. The average molecular weight is 270 g/mol. The summed E-state index contributed by atoms with van der Waals surface area (Å²) in [6.45, 7) is 7.80. The van der Waals surface area contributed by atoms with Gasteiger partial charge in [0.25, 0.3) is 0 Å². The van der Waals surface area contributed by atoms with E-state index in [0.717, 1.165) is 48.7 Å². The van der Waals surface area contributed by atoms with Crippen LogP contribution in [0.3, 0.4) is 0 Å². The Morgan fingerprint density at radius 2 is 2.11 bits per heavy atom. The molecule has 0 aliphatic carbocycles. The van der Waals surface area contributed by atoms with Crippen LogP contribution in [0.25, 0.3) is 0 Å². The van der Waals surface area contributed by atoms with E-state index in [2.05, 4.69) is 13.8 Å². The Balaban J connectivity index is 2.94. The van der Waals surface area contributed by atoms with Gasteiger partial charge in [-0.3, -0.25) is 0 Å². The average Bonchev–Trinajstić information content (AvgIpc) is 2.36. The van der Waals surface area contributed by atoms with Gasteiger partial charge in [-0.25, -0.2) is 0 Å². The number of rotatable bonds is 7. The molecular formula is C15H24ClNO. The van der Waals surface area contributed by atoms with Crippen LogP contribution in [0.1, 0.15) is 50.2 Å². The zero-order valence-corrected chi connectivity index (χ0v) is 12.4. The van der Waals surface area contributed by atoms with Gasteiger partial charge in [-0.2, -0.15) is 0 Å². The van der Waals surface area contributed by atoms with E-state index in [4.69, 9.17) is 22.1 Å². The third kappa shape index (κ3) is 4.18. The number of nitrogens with two attached hydrogens (primary N) is 1. The summed E-state index contributed by atoms with van der Waals surface area (Å²) in [6, 6.07) is 4.09. The molecule has 0 amide bonds. The Labute approximate surface area is 115 Å². The largest absolute Gasteiger partial charge is 0.493 e. The van der Waals surface area contributed by atoms with Crippen LogP contribution in [0, 0.1) is 6.92 Å². The van der Waals surface area contributed by atoms with Crippen molar-refractivity contribution in [3.63, 3.8) is 0 Å². The number of halogens is 1. The lowest BCUT2D eigenvalue weighted by Gasteiger charge is -2.18. The van der Waals surface area contributed by atoms with Crippen molar-refractivity contribution in [2.75, 3.05) is 13.2 Å². The molecule has 2 nitrogen and oxygen atoms in total. The first-order valence-electron chi connectivity index (χ1n) is 6.73. The first-order chi connectivity index (χ1) is 8.60. The molecule has 0 bridgehead atoms. The summed E-state index contributed by atoms with van der Waals surface area (Å²) in [6.07, 6.45) is 3.11. The molecule has 1 aromatic carbocycles. The van der Waals surface area contributed by atoms with E-state index in [1.165, 1.54) is 5.56 Å². The van der Waals surface area contributed by atoms with E-state index in [1.54, 1.807) is 0 Å². The quantitative estimate of drug-likeness (QED) is 0.802. The summed E-state index contributed by atoms with van der Waals surface area (Å²) >= 11 is 6.22. The van der Waals surface area contributed by atoms with Crippen molar-refractivity contribution in [1.29, 1.82) is 0 Å². The fourth-order valence-electron chi connectivity index (χ4n) is 1.97. The van der Waals surface area contributed by atoms with Crippen molar-refractivity contribution in [2.45, 2.75) is 46.0 Å². The van der Waals surface area contributed by atoms with E-state index in [-0.39, 0.29) is 0 Å². The van der Waals surface area contributed by atoms with Gasteiger partial charge in [0.2, 0.25) is 0 Å². The minimum absolute atomic E-state index is 0.429. The van der Waals surface area contributed by atoms with Crippen molar-refractivity contribution in [2.24, 2.45) is 5.73 Å². The topological polar surface area (TPSA) is 35.2 Å². The Hall–Kier alpha value is -0.730. The Morgan fingerprint density at radius 1 is 1.39 bits per heavy atom. The molecule has 1 aromatic rings. The molecule has 1 rings (SSSR count). The third-order valence-corrected chi connectivity index (χ3v) is 3.53. The first kappa shape index (κ1) is 15.3. The number of aryl methyl sites for hydroxylation is 1. The first-order valence-corrected chi connectivity index (χ1v) is 7.10. The van der Waals surface area contributed by atoms with Crippen LogP contribution < -0.4 is 10.5 Å². The van der Waals surface area contributed by atoms with Crippen molar-refractivity contribution in [3.05, 3.63) is 28.3 Å². The summed E-state index contributed by atoms with van der Waals surface area (Å²) in [7, 11) is 0. The summed E-state index contributed by atoms with van der Waals surface area (Å²) in [5, 5.41) is 0.813. The van der Waals surface area contributed by atoms with Gasteiger partial charge in [0.1, 0.15) is 5.75 Å². The van der Waals surface area contributed by atoms with Crippen molar-refractivity contribution < 1.29 is 4.74 Å². The fourth-order valence-corrected chi connectivity index (χ4v) is 2.14. The molecule has 1 unspecified atom stereocenters. The van der Waals surface area contributed by atoms with Gasteiger partial charge in [-0.05, 0) is 61.9 Å². The molecule has 0 spiro atoms. The fraction of sp³-hybridized carbons (Fsp3) is 0.600. The maximum Gasteiger partial charge on any atom is 0.123 e. The highest BCUT2D eigenvalue weighted by atomic mass is 35.5. The molecule has 0 aliphatic heterocycles. The van der Waals surface area contributed by atoms with E-state index in [0.29, 0.717) is 5.92 Å². The van der Waals surface area contributed by atoms with Gasteiger partial charge in [0.15, 0.2) is 0 Å². The van der Waals surface area contributed by atoms with Gasteiger partial charge >= 0.3 is 0 Å².